The van der Waals surface area contributed by atoms with Gasteiger partial charge in [-0.2, -0.15) is 10.2 Å². The molecule has 0 aliphatic carbocycles. The maximum Gasteiger partial charge on any atom is 0.317 e. The molecule has 0 bridgehead atoms. The number of H-pyrrole nitrogens is 1. The van der Waals surface area contributed by atoms with E-state index in [9.17, 15) is 4.79 Å². The van der Waals surface area contributed by atoms with Crippen molar-refractivity contribution in [1.29, 1.82) is 0 Å². The minimum atomic E-state index is 0.00550. The van der Waals surface area contributed by atoms with Crippen LogP contribution in [0.2, 0.25) is 0 Å². The molecule has 8 heteroatoms. The molecule has 3 aromatic rings. The second kappa shape index (κ2) is 8.43. The summed E-state index contributed by atoms with van der Waals surface area (Å²) < 4.78 is 1.89. The van der Waals surface area contributed by atoms with E-state index in [1.165, 1.54) is 11.1 Å². The molecule has 0 saturated carbocycles. The molecule has 2 N–H and O–H groups in total. The summed E-state index contributed by atoms with van der Waals surface area (Å²) in [5.41, 5.74) is 6.71. The number of carbonyl (C=O) groups is 1. The third kappa shape index (κ3) is 3.79. The Balaban J connectivity index is 1.32. The number of urea groups is 1. The van der Waals surface area contributed by atoms with Crippen LogP contribution in [0.3, 0.4) is 0 Å². The van der Waals surface area contributed by atoms with E-state index in [1.807, 2.05) is 22.0 Å². The van der Waals surface area contributed by atoms with Crippen LogP contribution in [0.5, 0.6) is 0 Å². The highest BCUT2D eigenvalue weighted by Crippen LogP contribution is 2.31. The number of amides is 2. The van der Waals surface area contributed by atoms with E-state index >= 15 is 0 Å². The zero-order valence-electron chi connectivity index (χ0n) is 19.0. The number of rotatable bonds is 4. The van der Waals surface area contributed by atoms with Crippen molar-refractivity contribution >= 4 is 6.03 Å². The predicted molar refractivity (Wildman–Crippen MR) is 123 cm³/mol. The average molecular weight is 434 g/mol. The van der Waals surface area contributed by atoms with Gasteiger partial charge in [0.05, 0.1) is 18.8 Å². The lowest BCUT2D eigenvalue weighted by Gasteiger charge is -2.30. The van der Waals surface area contributed by atoms with Gasteiger partial charge in [-0.3, -0.25) is 9.78 Å². The molecule has 2 aliphatic heterocycles. The van der Waals surface area contributed by atoms with Gasteiger partial charge in [-0.25, -0.2) is 4.79 Å². The Hall–Kier alpha value is -3.13. The van der Waals surface area contributed by atoms with Gasteiger partial charge >= 0.3 is 6.03 Å². The lowest BCUT2D eigenvalue weighted by atomic mass is 9.91. The number of benzene rings is 1. The predicted octanol–water partition coefficient (Wildman–Crippen LogP) is 2.77. The Morgan fingerprint density at radius 2 is 2.12 bits per heavy atom. The van der Waals surface area contributed by atoms with Crippen LogP contribution >= 0.6 is 0 Å². The van der Waals surface area contributed by atoms with Crippen molar-refractivity contribution in [2.45, 2.75) is 45.3 Å². The Kier molecular flexibility index (Phi) is 5.46. The van der Waals surface area contributed by atoms with Gasteiger partial charge in [0.25, 0.3) is 0 Å². The monoisotopic (exact) mass is 433 g/mol. The summed E-state index contributed by atoms with van der Waals surface area (Å²) in [5, 5.41) is 15.4. The molecular weight excluding hydrogens is 402 g/mol. The minimum Gasteiger partial charge on any atom is -0.333 e. The van der Waals surface area contributed by atoms with E-state index in [1.54, 1.807) is 0 Å². The highest BCUT2D eigenvalue weighted by Gasteiger charge is 2.35. The molecular formula is C24H31N7O. The number of likely N-dealkylation sites (N-methyl/N-ethyl adjacent to an activating group) is 1. The number of nitrogens with zero attached hydrogens (tertiary/aromatic N) is 5. The molecule has 2 aliphatic rings. The van der Waals surface area contributed by atoms with Crippen LogP contribution in [0.1, 0.15) is 35.2 Å². The van der Waals surface area contributed by atoms with Crippen LogP contribution in [0.25, 0.3) is 11.3 Å². The van der Waals surface area contributed by atoms with Crippen LogP contribution in [-0.2, 0) is 19.5 Å². The molecule has 4 heterocycles. The van der Waals surface area contributed by atoms with Crippen molar-refractivity contribution in [3.05, 3.63) is 59.0 Å². The average Bonchev–Trinajstić information content (AvgIpc) is 3.51. The minimum absolute atomic E-state index is 0.00550. The van der Waals surface area contributed by atoms with Gasteiger partial charge < -0.3 is 15.1 Å². The second-order valence-electron chi connectivity index (χ2n) is 9.03. The summed E-state index contributed by atoms with van der Waals surface area (Å²) in [6, 6.07) is 8.61. The number of carbonyl (C=O) groups excluding carboxylic acids is 1. The van der Waals surface area contributed by atoms with Crippen molar-refractivity contribution in [2.24, 2.45) is 0 Å². The summed E-state index contributed by atoms with van der Waals surface area (Å²) >= 11 is 0. The highest BCUT2D eigenvalue weighted by atomic mass is 16.2. The van der Waals surface area contributed by atoms with Crippen molar-refractivity contribution < 1.29 is 4.79 Å². The number of hydrogen-bond donors (Lipinski definition) is 2. The summed E-state index contributed by atoms with van der Waals surface area (Å²) in [4.78, 5) is 17.5. The van der Waals surface area contributed by atoms with Crippen molar-refractivity contribution in [2.75, 3.05) is 26.7 Å². The lowest BCUT2D eigenvalue weighted by Crippen LogP contribution is -2.48. The Morgan fingerprint density at radius 1 is 1.28 bits per heavy atom. The second-order valence-corrected chi connectivity index (χ2v) is 9.03. The standard InChI is InChI=1S/C24H31N7O/c1-4-31-12-17(11-25-31)23-20-14-30(10-9-21(20)27-28-23)24(32)26-22-15-29(3)13-19(22)18-8-6-5-7-16(18)2/h5-8,11-12,19,22H,4,9-10,13-15H2,1-3H3,(H,26,32)(H,27,28)/t19-,22+/m1/s1. The first-order chi connectivity index (χ1) is 15.5. The topological polar surface area (TPSA) is 82.1 Å². The van der Waals surface area contributed by atoms with Gasteiger partial charge in [0.1, 0.15) is 5.69 Å². The summed E-state index contributed by atoms with van der Waals surface area (Å²) in [7, 11) is 2.12. The number of likely N-dealkylation sites (tertiary alicyclic amines) is 1. The van der Waals surface area contributed by atoms with E-state index < -0.39 is 0 Å². The molecule has 168 valence electrons. The van der Waals surface area contributed by atoms with E-state index in [4.69, 9.17) is 0 Å². The SMILES string of the molecule is CCn1cc(-c2n[nH]c3c2CN(C(=O)N[C@H]2CN(C)C[C@@H]2c2ccccc2C)CC3)cn1. The Bertz CT molecular complexity index is 1120. The summed E-state index contributed by atoms with van der Waals surface area (Å²) in [5.74, 6) is 0.301. The van der Waals surface area contributed by atoms with Crippen LogP contribution in [0.4, 0.5) is 4.79 Å². The van der Waals surface area contributed by atoms with Crippen LogP contribution in [0, 0.1) is 6.92 Å². The van der Waals surface area contributed by atoms with Crippen molar-refractivity contribution in [3.63, 3.8) is 0 Å². The molecule has 2 atom stereocenters. The van der Waals surface area contributed by atoms with E-state index in [0.29, 0.717) is 19.0 Å². The Morgan fingerprint density at radius 3 is 2.91 bits per heavy atom. The number of hydrogen-bond acceptors (Lipinski definition) is 4. The maximum atomic E-state index is 13.3. The zero-order chi connectivity index (χ0) is 22.2. The fourth-order valence-corrected chi connectivity index (χ4v) is 5.08. The quantitative estimate of drug-likeness (QED) is 0.663. The van der Waals surface area contributed by atoms with Gasteiger partial charge in [-0.05, 0) is 32.0 Å². The molecule has 0 unspecified atom stereocenters. The fraction of sp³-hybridized carbons (Fsp3) is 0.458. The summed E-state index contributed by atoms with van der Waals surface area (Å²) in [6.45, 7) is 8.09. The number of aromatic amines is 1. The van der Waals surface area contributed by atoms with Crippen LogP contribution in [-0.4, -0.2) is 68.5 Å². The third-order valence-electron chi connectivity index (χ3n) is 6.85. The Labute approximate surface area is 188 Å². The lowest BCUT2D eigenvalue weighted by molar-refractivity contribution is 0.187. The normalized spacial score (nSPS) is 21.0. The van der Waals surface area contributed by atoms with Gasteiger partial charge in [0.15, 0.2) is 0 Å². The molecule has 2 aromatic heterocycles. The van der Waals surface area contributed by atoms with E-state index in [2.05, 4.69) is 70.7 Å². The highest BCUT2D eigenvalue weighted by molar-refractivity contribution is 5.76. The summed E-state index contributed by atoms with van der Waals surface area (Å²) in [6.07, 6.45) is 4.64. The van der Waals surface area contributed by atoms with Gasteiger partial charge in [-0.1, -0.05) is 24.3 Å². The van der Waals surface area contributed by atoms with Gasteiger partial charge in [0.2, 0.25) is 0 Å². The molecule has 1 fully saturated rings. The van der Waals surface area contributed by atoms with Crippen LogP contribution in [0.15, 0.2) is 36.7 Å². The first-order valence-corrected chi connectivity index (χ1v) is 11.4. The van der Waals surface area contributed by atoms with Crippen LogP contribution < -0.4 is 5.32 Å². The van der Waals surface area contributed by atoms with Gasteiger partial charge in [0, 0.05) is 61.5 Å². The fourth-order valence-electron chi connectivity index (χ4n) is 5.08. The molecule has 5 rings (SSSR count). The zero-order valence-corrected chi connectivity index (χ0v) is 19.0. The van der Waals surface area contributed by atoms with Gasteiger partial charge in [-0.15, -0.1) is 0 Å². The van der Waals surface area contributed by atoms with Crippen molar-refractivity contribution in [1.82, 2.24) is 35.1 Å². The molecule has 0 radical (unpaired) electrons. The molecule has 32 heavy (non-hydrogen) atoms. The molecule has 8 nitrogen and oxygen atoms in total. The van der Waals surface area contributed by atoms with E-state index in [-0.39, 0.29) is 12.1 Å². The van der Waals surface area contributed by atoms with E-state index in [0.717, 1.165) is 48.6 Å². The van der Waals surface area contributed by atoms with Crippen molar-refractivity contribution in [3.8, 4) is 11.3 Å². The first kappa shape index (κ1) is 20.8. The molecule has 1 aromatic carbocycles. The number of fused-ring (bicyclic) bond motifs is 1. The molecule has 1 saturated heterocycles. The first-order valence-electron chi connectivity index (χ1n) is 11.4. The number of nitrogens with one attached hydrogen (secondary N) is 2. The molecule has 2 amide bonds. The number of aryl methyl sites for hydroxylation is 2. The third-order valence-corrected chi connectivity index (χ3v) is 6.85. The largest absolute Gasteiger partial charge is 0.333 e. The maximum absolute atomic E-state index is 13.3. The smallest absolute Gasteiger partial charge is 0.317 e. The molecule has 0 spiro atoms. The number of aromatic nitrogens is 4.